The number of hydrogen-bond donors (Lipinski definition) is 1. The summed E-state index contributed by atoms with van der Waals surface area (Å²) in [6.45, 7) is 9.07. The summed E-state index contributed by atoms with van der Waals surface area (Å²) in [6.07, 6.45) is 3.32. The normalized spacial score (nSPS) is 20.0. The fourth-order valence-electron chi connectivity index (χ4n) is 5.05. The standard InChI is InChI=1S/C26H35N3O2/c1-21(23-5-3-2-4-6-23)27-15-13-25(14-16-27)29-19-17-28(18-20-29)24-10-7-22(8-11-24)9-12-26(30)31/h2-8,10-11,21,25H,9,12-20H2,1H3,(H,30,31). The van der Waals surface area contributed by atoms with Gasteiger partial charge in [0.2, 0.25) is 0 Å². The van der Waals surface area contributed by atoms with E-state index in [0.717, 1.165) is 31.7 Å². The van der Waals surface area contributed by atoms with E-state index in [1.54, 1.807) is 0 Å². The smallest absolute Gasteiger partial charge is 0.303 e. The Hall–Kier alpha value is -2.37. The van der Waals surface area contributed by atoms with Gasteiger partial charge in [-0.2, -0.15) is 0 Å². The highest BCUT2D eigenvalue weighted by Gasteiger charge is 2.29. The Bertz CT molecular complexity index is 823. The molecule has 0 saturated carbocycles. The molecule has 2 aromatic rings. The summed E-state index contributed by atoms with van der Waals surface area (Å²) in [4.78, 5) is 18.5. The number of benzene rings is 2. The second-order valence-corrected chi connectivity index (χ2v) is 8.94. The molecule has 2 heterocycles. The highest BCUT2D eigenvalue weighted by molar-refractivity contribution is 5.67. The molecular weight excluding hydrogens is 386 g/mol. The second kappa shape index (κ2) is 10.3. The minimum absolute atomic E-state index is 0.195. The molecule has 2 fully saturated rings. The van der Waals surface area contributed by atoms with Crippen LogP contribution in [0.3, 0.4) is 0 Å². The number of aliphatic carboxylic acids is 1. The molecule has 1 atom stereocenters. The van der Waals surface area contributed by atoms with Crippen LogP contribution < -0.4 is 4.90 Å². The van der Waals surface area contributed by atoms with E-state index >= 15 is 0 Å². The molecule has 1 N–H and O–H groups in total. The molecule has 0 bridgehead atoms. The van der Waals surface area contributed by atoms with Crippen LogP contribution >= 0.6 is 0 Å². The van der Waals surface area contributed by atoms with Gasteiger partial charge in [0.1, 0.15) is 0 Å². The lowest BCUT2D eigenvalue weighted by Crippen LogP contribution is -2.53. The third-order valence-electron chi connectivity index (χ3n) is 7.09. The lowest BCUT2D eigenvalue weighted by Gasteiger charge is -2.44. The third kappa shape index (κ3) is 5.66. The molecule has 4 rings (SSSR count). The number of hydrogen-bond acceptors (Lipinski definition) is 4. The fourth-order valence-corrected chi connectivity index (χ4v) is 5.05. The van der Waals surface area contributed by atoms with Gasteiger partial charge in [-0.25, -0.2) is 0 Å². The van der Waals surface area contributed by atoms with E-state index in [1.807, 2.05) is 0 Å². The van der Waals surface area contributed by atoms with E-state index in [-0.39, 0.29) is 6.42 Å². The van der Waals surface area contributed by atoms with Gasteiger partial charge in [0.25, 0.3) is 0 Å². The Labute approximate surface area is 186 Å². The molecule has 0 aromatic heterocycles. The first-order valence-corrected chi connectivity index (χ1v) is 11.7. The highest BCUT2D eigenvalue weighted by Crippen LogP contribution is 2.27. The predicted molar refractivity (Wildman–Crippen MR) is 126 cm³/mol. The van der Waals surface area contributed by atoms with Gasteiger partial charge in [-0.05, 0) is 49.4 Å². The van der Waals surface area contributed by atoms with E-state index in [9.17, 15) is 4.79 Å². The first-order valence-electron chi connectivity index (χ1n) is 11.7. The molecule has 2 aliphatic heterocycles. The Morgan fingerprint density at radius 1 is 0.935 bits per heavy atom. The van der Waals surface area contributed by atoms with Crippen LogP contribution in [-0.4, -0.2) is 66.2 Å². The van der Waals surface area contributed by atoms with E-state index in [4.69, 9.17) is 5.11 Å². The van der Waals surface area contributed by atoms with Crippen LogP contribution in [0.25, 0.3) is 0 Å². The van der Waals surface area contributed by atoms with Crippen molar-refractivity contribution < 1.29 is 9.90 Å². The minimum Gasteiger partial charge on any atom is -0.481 e. The zero-order chi connectivity index (χ0) is 21.6. The van der Waals surface area contributed by atoms with Gasteiger partial charge in [-0.3, -0.25) is 14.6 Å². The van der Waals surface area contributed by atoms with Gasteiger partial charge >= 0.3 is 5.97 Å². The number of carboxylic acids is 1. The molecule has 2 aromatic carbocycles. The Kier molecular flexibility index (Phi) is 7.25. The van der Waals surface area contributed by atoms with Crippen LogP contribution in [0.15, 0.2) is 54.6 Å². The van der Waals surface area contributed by atoms with Crippen LogP contribution in [0.1, 0.15) is 43.4 Å². The molecule has 31 heavy (non-hydrogen) atoms. The number of anilines is 1. The van der Waals surface area contributed by atoms with Gasteiger partial charge in [0, 0.05) is 63.5 Å². The van der Waals surface area contributed by atoms with Crippen LogP contribution in [0.4, 0.5) is 5.69 Å². The zero-order valence-corrected chi connectivity index (χ0v) is 18.6. The molecule has 1 unspecified atom stereocenters. The number of aryl methyl sites for hydroxylation is 1. The third-order valence-corrected chi connectivity index (χ3v) is 7.09. The minimum atomic E-state index is -0.736. The number of nitrogens with zero attached hydrogens (tertiary/aromatic N) is 3. The summed E-state index contributed by atoms with van der Waals surface area (Å²) in [7, 11) is 0. The lowest BCUT2D eigenvalue weighted by atomic mass is 9.98. The molecule has 0 aliphatic carbocycles. The highest BCUT2D eigenvalue weighted by atomic mass is 16.4. The maximum absolute atomic E-state index is 10.7. The molecule has 0 amide bonds. The number of rotatable bonds is 7. The largest absolute Gasteiger partial charge is 0.481 e. The molecule has 5 nitrogen and oxygen atoms in total. The van der Waals surface area contributed by atoms with E-state index in [2.05, 4.69) is 76.2 Å². The Balaban J connectivity index is 1.23. The van der Waals surface area contributed by atoms with Crippen LogP contribution in [-0.2, 0) is 11.2 Å². The molecule has 2 saturated heterocycles. The van der Waals surface area contributed by atoms with Gasteiger partial charge in [0.05, 0.1) is 0 Å². The first-order chi connectivity index (χ1) is 15.1. The number of carbonyl (C=O) groups is 1. The van der Waals surface area contributed by atoms with Gasteiger partial charge in [-0.15, -0.1) is 0 Å². The lowest BCUT2D eigenvalue weighted by molar-refractivity contribution is -0.136. The molecule has 166 valence electrons. The van der Waals surface area contributed by atoms with Crippen molar-refractivity contribution in [2.75, 3.05) is 44.2 Å². The fraction of sp³-hybridized carbons (Fsp3) is 0.500. The summed E-state index contributed by atoms with van der Waals surface area (Å²) in [6, 6.07) is 20.5. The summed E-state index contributed by atoms with van der Waals surface area (Å²) in [5.41, 5.74) is 3.77. The first kappa shape index (κ1) is 21.8. The van der Waals surface area contributed by atoms with Crippen molar-refractivity contribution in [3.8, 4) is 0 Å². The van der Waals surface area contributed by atoms with Gasteiger partial charge < -0.3 is 10.0 Å². The van der Waals surface area contributed by atoms with Crippen molar-refractivity contribution >= 4 is 11.7 Å². The number of carboxylic acid groups (broad SMARTS) is 1. The molecular formula is C26H35N3O2. The van der Waals surface area contributed by atoms with Crippen molar-refractivity contribution in [3.05, 3.63) is 65.7 Å². The van der Waals surface area contributed by atoms with Crippen molar-refractivity contribution in [3.63, 3.8) is 0 Å². The molecule has 0 spiro atoms. The molecule has 5 heteroatoms. The van der Waals surface area contributed by atoms with Crippen molar-refractivity contribution in [1.29, 1.82) is 0 Å². The number of piperazine rings is 1. The predicted octanol–water partition coefficient (Wildman–Crippen LogP) is 4.05. The average Bonchev–Trinajstić information content (AvgIpc) is 2.83. The van der Waals surface area contributed by atoms with Crippen molar-refractivity contribution in [2.45, 2.75) is 44.7 Å². The maximum atomic E-state index is 10.7. The average molecular weight is 422 g/mol. The van der Waals surface area contributed by atoms with Crippen LogP contribution in [0, 0.1) is 0 Å². The van der Waals surface area contributed by atoms with Crippen LogP contribution in [0.2, 0.25) is 0 Å². The summed E-state index contributed by atoms with van der Waals surface area (Å²) >= 11 is 0. The second-order valence-electron chi connectivity index (χ2n) is 8.94. The van der Waals surface area contributed by atoms with Crippen LogP contribution in [0.5, 0.6) is 0 Å². The topological polar surface area (TPSA) is 47.0 Å². The Morgan fingerprint density at radius 3 is 2.19 bits per heavy atom. The summed E-state index contributed by atoms with van der Waals surface area (Å²) in [5.74, 6) is -0.736. The summed E-state index contributed by atoms with van der Waals surface area (Å²) in [5, 5.41) is 8.84. The van der Waals surface area contributed by atoms with Crippen molar-refractivity contribution in [1.82, 2.24) is 9.80 Å². The SMILES string of the molecule is CC(c1ccccc1)N1CCC(N2CCN(c3ccc(CCC(=O)O)cc3)CC2)CC1. The number of likely N-dealkylation sites (tertiary alicyclic amines) is 1. The van der Waals surface area contributed by atoms with E-state index < -0.39 is 5.97 Å². The number of piperidine rings is 1. The van der Waals surface area contributed by atoms with E-state index in [0.29, 0.717) is 18.5 Å². The quantitative estimate of drug-likeness (QED) is 0.731. The molecule has 0 radical (unpaired) electrons. The summed E-state index contributed by atoms with van der Waals surface area (Å²) < 4.78 is 0. The molecule has 2 aliphatic rings. The monoisotopic (exact) mass is 421 g/mol. The maximum Gasteiger partial charge on any atom is 0.303 e. The Morgan fingerprint density at radius 2 is 1.58 bits per heavy atom. The van der Waals surface area contributed by atoms with Gasteiger partial charge in [-0.1, -0.05) is 42.5 Å². The van der Waals surface area contributed by atoms with Gasteiger partial charge in [0.15, 0.2) is 0 Å². The zero-order valence-electron chi connectivity index (χ0n) is 18.6. The van der Waals surface area contributed by atoms with E-state index in [1.165, 1.54) is 37.2 Å². The van der Waals surface area contributed by atoms with Crippen molar-refractivity contribution in [2.24, 2.45) is 0 Å².